The van der Waals surface area contributed by atoms with Gasteiger partial charge in [0.25, 0.3) is 0 Å². The Morgan fingerprint density at radius 3 is 2.65 bits per heavy atom. The molecule has 2 N–H and O–H groups in total. The predicted octanol–water partition coefficient (Wildman–Crippen LogP) is -0.188. The van der Waals surface area contributed by atoms with E-state index in [2.05, 4.69) is 9.88 Å². The van der Waals surface area contributed by atoms with Crippen LogP contribution in [0.3, 0.4) is 0 Å². The first kappa shape index (κ1) is 12.5. The molecule has 0 spiro atoms. The monoisotopic (exact) mass is 255 g/mol. The van der Waals surface area contributed by atoms with Crippen molar-refractivity contribution in [1.82, 2.24) is 9.88 Å². The lowest BCUT2D eigenvalue weighted by Gasteiger charge is -2.33. The van der Waals surface area contributed by atoms with Crippen LogP contribution in [0.5, 0.6) is 0 Å². The summed E-state index contributed by atoms with van der Waals surface area (Å²) in [6, 6.07) is 3.92. The molecule has 0 bridgehead atoms. The quantitative estimate of drug-likeness (QED) is 0.810. The standard InChI is InChI=1S/C11H17N3O2S/c12-8-11(10-2-1-3-13-9-10)14-4-6-17(15,16)7-5-14/h1-3,9,11H,4-8,12H2. The second-order valence-corrected chi connectivity index (χ2v) is 6.53. The molecule has 0 saturated carbocycles. The molecular formula is C11H17N3O2S. The van der Waals surface area contributed by atoms with Gasteiger partial charge in [0, 0.05) is 38.1 Å². The van der Waals surface area contributed by atoms with Crippen LogP contribution >= 0.6 is 0 Å². The molecule has 1 aliphatic heterocycles. The molecule has 1 atom stereocenters. The van der Waals surface area contributed by atoms with Gasteiger partial charge >= 0.3 is 0 Å². The van der Waals surface area contributed by atoms with Gasteiger partial charge in [-0.05, 0) is 11.6 Å². The van der Waals surface area contributed by atoms with Gasteiger partial charge < -0.3 is 5.73 Å². The average molecular weight is 255 g/mol. The van der Waals surface area contributed by atoms with Gasteiger partial charge in [-0.25, -0.2) is 8.42 Å². The van der Waals surface area contributed by atoms with Gasteiger partial charge in [-0.3, -0.25) is 9.88 Å². The Balaban J connectivity index is 2.11. The second kappa shape index (κ2) is 5.12. The molecule has 94 valence electrons. The van der Waals surface area contributed by atoms with Crippen LogP contribution in [-0.2, 0) is 9.84 Å². The number of sulfone groups is 1. The molecule has 1 fully saturated rings. The number of rotatable bonds is 3. The maximum Gasteiger partial charge on any atom is 0.152 e. The van der Waals surface area contributed by atoms with Gasteiger partial charge in [0.1, 0.15) is 0 Å². The molecule has 6 heteroatoms. The number of aromatic nitrogens is 1. The van der Waals surface area contributed by atoms with Crippen molar-refractivity contribution in [3.8, 4) is 0 Å². The number of nitrogens with zero attached hydrogens (tertiary/aromatic N) is 2. The average Bonchev–Trinajstić information content (AvgIpc) is 2.33. The summed E-state index contributed by atoms with van der Waals surface area (Å²) in [7, 11) is -2.84. The van der Waals surface area contributed by atoms with Crippen molar-refractivity contribution in [2.45, 2.75) is 6.04 Å². The molecule has 0 amide bonds. The van der Waals surface area contributed by atoms with Crippen LogP contribution in [0.15, 0.2) is 24.5 Å². The molecule has 1 aromatic heterocycles. The highest BCUT2D eigenvalue weighted by Gasteiger charge is 2.27. The smallest absolute Gasteiger partial charge is 0.152 e. The van der Waals surface area contributed by atoms with Crippen LogP contribution < -0.4 is 5.73 Å². The molecule has 17 heavy (non-hydrogen) atoms. The summed E-state index contributed by atoms with van der Waals surface area (Å²) in [5, 5.41) is 0. The fraction of sp³-hybridized carbons (Fsp3) is 0.545. The van der Waals surface area contributed by atoms with Crippen molar-refractivity contribution in [2.75, 3.05) is 31.1 Å². The summed E-state index contributed by atoms with van der Waals surface area (Å²) in [5.41, 5.74) is 6.83. The van der Waals surface area contributed by atoms with E-state index in [-0.39, 0.29) is 17.5 Å². The fourth-order valence-electron chi connectivity index (χ4n) is 2.11. The van der Waals surface area contributed by atoms with E-state index in [4.69, 9.17) is 5.73 Å². The Kier molecular flexibility index (Phi) is 3.76. The highest BCUT2D eigenvalue weighted by molar-refractivity contribution is 7.91. The minimum absolute atomic E-state index is 0.0687. The Bertz CT molecular complexity index is 447. The number of nitrogens with two attached hydrogens (primary N) is 1. The van der Waals surface area contributed by atoms with Crippen molar-refractivity contribution in [3.63, 3.8) is 0 Å². The van der Waals surface area contributed by atoms with Crippen molar-refractivity contribution in [1.29, 1.82) is 0 Å². The zero-order valence-electron chi connectivity index (χ0n) is 9.62. The van der Waals surface area contributed by atoms with Crippen LogP contribution in [0.1, 0.15) is 11.6 Å². The van der Waals surface area contributed by atoms with Gasteiger partial charge in [-0.15, -0.1) is 0 Å². The zero-order valence-corrected chi connectivity index (χ0v) is 10.4. The fourth-order valence-corrected chi connectivity index (χ4v) is 3.34. The normalized spacial score (nSPS) is 22.2. The van der Waals surface area contributed by atoms with Gasteiger partial charge in [-0.1, -0.05) is 6.07 Å². The zero-order chi connectivity index (χ0) is 12.3. The van der Waals surface area contributed by atoms with E-state index in [1.54, 1.807) is 12.4 Å². The summed E-state index contributed by atoms with van der Waals surface area (Å²) in [6.07, 6.45) is 3.51. The first-order chi connectivity index (χ1) is 8.12. The van der Waals surface area contributed by atoms with Gasteiger partial charge in [0.15, 0.2) is 9.84 Å². The van der Waals surface area contributed by atoms with E-state index in [1.165, 1.54) is 0 Å². The summed E-state index contributed by atoms with van der Waals surface area (Å²) in [6.45, 7) is 1.59. The molecule has 1 saturated heterocycles. The van der Waals surface area contributed by atoms with Crippen LogP contribution in [0.4, 0.5) is 0 Å². The van der Waals surface area contributed by atoms with Crippen LogP contribution in [0.25, 0.3) is 0 Å². The molecular weight excluding hydrogens is 238 g/mol. The van der Waals surface area contributed by atoms with Crippen molar-refractivity contribution in [3.05, 3.63) is 30.1 Å². The Morgan fingerprint density at radius 1 is 1.41 bits per heavy atom. The maximum atomic E-state index is 11.4. The lowest BCUT2D eigenvalue weighted by atomic mass is 10.1. The van der Waals surface area contributed by atoms with Crippen LogP contribution in [-0.4, -0.2) is 49.4 Å². The molecule has 5 nitrogen and oxygen atoms in total. The maximum absolute atomic E-state index is 11.4. The first-order valence-electron chi connectivity index (χ1n) is 5.67. The number of pyridine rings is 1. The Morgan fingerprint density at radius 2 is 2.12 bits per heavy atom. The summed E-state index contributed by atoms with van der Waals surface area (Å²) >= 11 is 0. The van der Waals surface area contributed by atoms with E-state index in [0.717, 1.165) is 5.56 Å². The highest BCUT2D eigenvalue weighted by atomic mass is 32.2. The molecule has 1 aromatic rings. The molecule has 1 aliphatic rings. The summed E-state index contributed by atoms with van der Waals surface area (Å²) in [5.74, 6) is 0.452. The van der Waals surface area contributed by atoms with Gasteiger partial charge in [-0.2, -0.15) is 0 Å². The van der Waals surface area contributed by atoms with Crippen LogP contribution in [0.2, 0.25) is 0 Å². The van der Waals surface area contributed by atoms with Crippen molar-refractivity contribution < 1.29 is 8.42 Å². The largest absolute Gasteiger partial charge is 0.329 e. The molecule has 2 rings (SSSR count). The third-order valence-electron chi connectivity index (χ3n) is 3.11. The molecule has 2 heterocycles. The topological polar surface area (TPSA) is 76.3 Å². The Labute approximate surface area is 102 Å². The lowest BCUT2D eigenvalue weighted by molar-refractivity contribution is 0.218. The van der Waals surface area contributed by atoms with Crippen molar-refractivity contribution in [2.24, 2.45) is 5.73 Å². The van der Waals surface area contributed by atoms with E-state index < -0.39 is 9.84 Å². The second-order valence-electron chi connectivity index (χ2n) is 4.23. The minimum Gasteiger partial charge on any atom is -0.329 e. The number of hydrogen-bond acceptors (Lipinski definition) is 5. The predicted molar refractivity (Wildman–Crippen MR) is 66.3 cm³/mol. The molecule has 1 unspecified atom stereocenters. The first-order valence-corrected chi connectivity index (χ1v) is 7.49. The third kappa shape index (κ3) is 3.02. The van der Waals surface area contributed by atoms with E-state index in [0.29, 0.717) is 19.6 Å². The van der Waals surface area contributed by atoms with Gasteiger partial charge in [0.05, 0.1) is 11.5 Å². The minimum atomic E-state index is -2.84. The summed E-state index contributed by atoms with van der Waals surface area (Å²) < 4.78 is 22.7. The van der Waals surface area contributed by atoms with Gasteiger partial charge in [0.2, 0.25) is 0 Å². The Hall–Kier alpha value is -0.980. The van der Waals surface area contributed by atoms with E-state index in [1.807, 2.05) is 12.1 Å². The molecule has 0 aliphatic carbocycles. The summed E-state index contributed by atoms with van der Waals surface area (Å²) in [4.78, 5) is 6.20. The highest BCUT2D eigenvalue weighted by Crippen LogP contribution is 2.20. The molecule has 0 aromatic carbocycles. The number of hydrogen-bond donors (Lipinski definition) is 1. The SMILES string of the molecule is NCC(c1cccnc1)N1CCS(=O)(=O)CC1. The van der Waals surface area contributed by atoms with Crippen LogP contribution in [0, 0.1) is 0 Å². The molecule has 0 radical (unpaired) electrons. The third-order valence-corrected chi connectivity index (χ3v) is 4.72. The van der Waals surface area contributed by atoms with Crippen molar-refractivity contribution >= 4 is 9.84 Å². The lowest BCUT2D eigenvalue weighted by Crippen LogP contribution is -2.44. The van der Waals surface area contributed by atoms with E-state index in [9.17, 15) is 8.42 Å². The van der Waals surface area contributed by atoms with E-state index >= 15 is 0 Å².